The van der Waals surface area contributed by atoms with Gasteiger partial charge < -0.3 is 0 Å². The number of fused-ring (bicyclic) bond motifs is 1. The first-order chi connectivity index (χ1) is 6.74. The lowest BCUT2D eigenvalue weighted by Gasteiger charge is -2.08. The number of pyridine rings is 1. The molecule has 2 heteroatoms. The maximum atomic E-state index is 5.87. The van der Waals surface area contributed by atoms with Crippen molar-refractivity contribution in [2.75, 3.05) is 0 Å². The molecular weight excluding hydrogens is 194 g/mol. The Morgan fingerprint density at radius 3 is 2.43 bits per heavy atom. The summed E-state index contributed by atoms with van der Waals surface area (Å²) in [5, 5.41) is 2.43. The van der Waals surface area contributed by atoms with Gasteiger partial charge >= 0.3 is 0 Å². The lowest BCUT2D eigenvalue weighted by Crippen LogP contribution is -1.95. The van der Waals surface area contributed by atoms with Gasteiger partial charge in [0.2, 0.25) is 0 Å². The number of alkyl halides is 1. The van der Waals surface area contributed by atoms with Gasteiger partial charge in [0.05, 0.1) is 11.6 Å². The molecule has 2 aromatic rings. The Hall–Kier alpha value is -1.08. The highest BCUT2D eigenvalue weighted by Gasteiger charge is 2.06. The van der Waals surface area contributed by atoms with Crippen LogP contribution in [0.3, 0.4) is 0 Å². The Kier molecular flexibility index (Phi) is 2.42. The highest BCUT2D eigenvalue weighted by atomic mass is 35.5. The molecular formula is C12H12ClN. The average Bonchev–Trinajstić information content (AvgIpc) is 2.23. The summed E-state index contributed by atoms with van der Waals surface area (Å²) in [6, 6.07) is 8.27. The third kappa shape index (κ3) is 1.38. The second kappa shape index (κ2) is 3.58. The molecule has 0 saturated heterocycles. The summed E-state index contributed by atoms with van der Waals surface area (Å²) in [6.07, 6.45) is 0. The van der Waals surface area contributed by atoms with Crippen LogP contribution in [0.4, 0.5) is 0 Å². The number of rotatable bonds is 1. The first-order valence-electron chi connectivity index (χ1n) is 4.65. The summed E-state index contributed by atoms with van der Waals surface area (Å²) in [6.45, 7) is 4.13. The predicted octanol–water partition coefficient (Wildman–Crippen LogP) is 3.59. The maximum Gasteiger partial charge on any atom is 0.0653 e. The second-order valence-corrected chi connectivity index (χ2v) is 3.72. The van der Waals surface area contributed by atoms with Crippen molar-refractivity contribution in [2.45, 2.75) is 19.7 Å². The van der Waals surface area contributed by atoms with E-state index in [1.807, 2.05) is 19.1 Å². The summed E-state index contributed by atoms with van der Waals surface area (Å²) < 4.78 is 0. The molecule has 0 aliphatic heterocycles. The average molecular weight is 206 g/mol. The summed E-state index contributed by atoms with van der Waals surface area (Å²) in [7, 11) is 0. The molecule has 1 aromatic carbocycles. The minimum atomic E-state index is 0.474. The third-order valence-corrected chi connectivity index (χ3v) is 2.87. The smallest absolute Gasteiger partial charge is 0.0653 e. The van der Waals surface area contributed by atoms with E-state index in [9.17, 15) is 0 Å². The predicted molar refractivity (Wildman–Crippen MR) is 60.8 cm³/mol. The molecule has 0 bridgehead atoms. The Labute approximate surface area is 88.7 Å². The first-order valence-corrected chi connectivity index (χ1v) is 5.18. The fourth-order valence-electron chi connectivity index (χ4n) is 1.71. The van der Waals surface area contributed by atoms with Crippen LogP contribution in [0, 0.1) is 13.8 Å². The zero-order valence-electron chi connectivity index (χ0n) is 8.34. The van der Waals surface area contributed by atoms with Crippen molar-refractivity contribution in [2.24, 2.45) is 0 Å². The molecule has 0 aliphatic rings. The van der Waals surface area contributed by atoms with Gasteiger partial charge in [-0.05, 0) is 24.8 Å². The molecule has 2 rings (SSSR count). The molecule has 1 heterocycles. The van der Waals surface area contributed by atoms with Crippen LogP contribution in [0.1, 0.15) is 17.0 Å². The quantitative estimate of drug-likeness (QED) is 0.649. The van der Waals surface area contributed by atoms with Gasteiger partial charge in [-0.2, -0.15) is 0 Å². The van der Waals surface area contributed by atoms with E-state index in [1.54, 1.807) is 0 Å². The largest absolute Gasteiger partial charge is 0.256 e. The summed E-state index contributed by atoms with van der Waals surface area (Å²) in [5.74, 6) is 0.474. The molecule has 0 aliphatic carbocycles. The minimum Gasteiger partial charge on any atom is -0.256 e. The van der Waals surface area contributed by atoms with Gasteiger partial charge in [0, 0.05) is 11.1 Å². The number of hydrogen-bond donors (Lipinski definition) is 0. The van der Waals surface area contributed by atoms with Crippen molar-refractivity contribution < 1.29 is 0 Å². The highest BCUT2D eigenvalue weighted by molar-refractivity contribution is 6.17. The van der Waals surface area contributed by atoms with E-state index < -0.39 is 0 Å². The van der Waals surface area contributed by atoms with Gasteiger partial charge in [-0.25, -0.2) is 0 Å². The molecule has 72 valence electrons. The van der Waals surface area contributed by atoms with Crippen LogP contribution >= 0.6 is 11.6 Å². The van der Waals surface area contributed by atoms with E-state index in [-0.39, 0.29) is 0 Å². The SMILES string of the molecule is Cc1nc(CCl)c2ccccc2c1C. The van der Waals surface area contributed by atoms with Crippen LogP contribution in [0.2, 0.25) is 0 Å². The van der Waals surface area contributed by atoms with Gasteiger partial charge in [0.15, 0.2) is 0 Å². The van der Waals surface area contributed by atoms with Crippen LogP contribution in [-0.4, -0.2) is 4.98 Å². The molecule has 1 nitrogen and oxygen atoms in total. The van der Waals surface area contributed by atoms with Crippen LogP contribution in [0.25, 0.3) is 10.8 Å². The van der Waals surface area contributed by atoms with Crippen molar-refractivity contribution in [1.82, 2.24) is 4.98 Å². The normalized spacial score (nSPS) is 10.8. The summed E-state index contributed by atoms with van der Waals surface area (Å²) in [5.41, 5.74) is 3.29. The van der Waals surface area contributed by atoms with Crippen LogP contribution in [-0.2, 0) is 5.88 Å². The minimum absolute atomic E-state index is 0.474. The number of aromatic nitrogens is 1. The van der Waals surface area contributed by atoms with Crippen LogP contribution in [0.15, 0.2) is 24.3 Å². The van der Waals surface area contributed by atoms with Crippen molar-refractivity contribution in [3.05, 3.63) is 41.2 Å². The molecule has 14 heavy (non-hydrogen) atoms. The Morgan fingerprint density at radius 2 is 1.79 bits per heavy atom. The fraction of sp³-hybridized carbons (Fsp3) is 0.250. The summed E-state index contributed by atoms with van der Waals surface area (Å²) in [4.78, 5) is 4.49. The van der Waals surface area contributed by atoms with Gasteiger partial charge in [0.25, 0.3) is 0 Å². The molecule has 0 radical (unpaired) electrons. The molecule has 1 aromatic heterocycles. The third-order valence-electron chi connectivity index (χ3n) is 2.61. The van der Waals surface area contributed by atoms with Crippen molar-refractivity contribution in [1.29, 1.82) is 0 Å². The maximum absolute atomic E-state index is 5.87. The molecule has 0 N–H and O–H groups in total. The van der Waals surface area contributed by atoms with Gasteiger partial charge in [-0.3, -0.25) is 4.98 Å². The van der Waals surface area contributed by atoms with Crippen molar-refractivity contribution in [3.8, 4) is 0 Å². The topological polar surface area (TPSA) is 12.9 Å². The lowest BCUT2D eigenvalue weighted by molar-refractivity contribution is 1.10. The van der Waals surface area contributed by atoms with E-state index in [4.69, 9.17) is 11.6 Å². The first kappa shape index (κ1) is 9.47. The van der Waals surface area contributed by atoms with E-state index in [1.165, 1.54) is 16.3 Å². The van der Waals surface area contributed by atoms with Crippen LogP contribution in [0.5, 0.6) is 0 Å². The molecule has 0 atom stereocenters. The van der Waals surface area contributed by atoms with E-state index in [0.717, 1.165) is 11.4 Å². The zero-order chi connectivity index (χ0) is 10.1. The second-order valence-electron chi connectivity index (χ2n) is 3.45. The van der Waals surface area contributed by atoms with Crippen molar-refractivity contribution in [3.63, 3.8) is 0 Å². The molecule has 0 unspecified atom stereocenters. The van der Waals surface area contributed by atoms with E-state index in [2.05, 4.69) is 24.0 Å². The number of halogens is 1. The number of aryl methyl sites for hydroxylation is 2. The zero-order valence-corrected chi connectivity index (χ0v) is 9.10. The fourth-order valence-corrected chi connectivity index (χ4v) is 1.91. The summed E-state index contributed by atoms with van der Waals surface area (Å²) >= 11 is 5.87. The molecule has 0 amide bonds. The van der Waals surface area contributed by atoms with Gasteiger partial charge in [0.1, 0.15) is 0 Å². The number of hydrogen-bond acceptors (Lipinski definition) is 1. The standard InChI is InChI=1S/C12H12ClN/c1-8-9(2)14-12(7-13)11-6-4-3-5-10(8)11/h3-6H,7H2,1-2H3. The Bertz CT molecular complexity index is 477. The van der Waals surface area contributed by atoms with Gasteiger partial charge in [-0.1, -0.05) is 24.3 Å². The van der Waals surface area contributed by atoms with Gasteiger partial charge in [-0.15, -0.1) is 11.6 Å². The van der Waals surface area contributed by atoms with Crippen LogP contribution < -0.4 is 0 Å². The molecule has 0 saturated carbocycles. The monoisotopic (exact) mass is 205 g/mol. The van der Waals surface area contributed by atoms with Crippen molar-refractivity contribution >= 4 is 22.4 Å². The highest BCUT2D eigenvalue weighted by Crippen LogP contribution is 2.23. The number of benzene rings is 1. The molecule has 0 spiro atoms. The Morgan fingerprint density at radius 1 is 1.14 bits per heavy atom. The number of nitrogens with zero attached hydrogens (tertiary/aromatic N) is 1. The Balaban J connectivity index is 2.89. The lowest BCUT2D eigenvalue weighted by atomic mass is 10.0. The van der Waals surface area contributed by atoms with E-state index >= 15 is 0 Å². The van der Waals surface area contributed by atoms with E-state index in [0.29, 0.717) is 5.88 Å². The molecule has 0 fully saturated rings.